The number of thiophene rings is 1. The zero-order valence-electron chi connectivity index (χ0n) is 14.9. The van der Waals surface area contributed by atoms with Gasteiger partial charge in [0.1, 0.15) is 6.54 Å². The molecule has 7 nitrogen and oxygen atoms in total. The summed E-state index contributed by atoms with van der Waals surface area (Å²) >= 11 is 2.82. The zero-order valence-corrected chi connectivity index (χ0v) is 16.6. The molecule has 0 radical (unpaired) electrons. The molecule has 2 atom stereocenters. The minimum atomic E-state index is -0.463. The Morgan fingerprint density at radius 1 is 1.31 bits per heavy atom. The lowest BCUT2D eigenvalue weighted by molar-refractivity contribution is -0.131. The van der Waals surface area contributed by atoms with Crippen LogP contribution in [0.1, 0.15) is 20.3 Å². The molecule has 26 heavy (non-hydrogen) atoms. The molecule has 0 saturated carbocycles. The van der Waals surface area contributed by atoms with E-state index in [9.17, 15) is 9.59 Å². The van der Waals surface area contributed by atoms with Crippen LogP contribution in [0.15, 0.2) is 22.7 Å². The van der Waals surface area contributed by atoms with Crippen molar-refractivity contribution in [2.24, 2.45) is 17.6 Å². The van der Waals surface area contributed by atoms with E-state index in [2.05, 4.69) is 24.0 Å². The van der Waals surface area contributed by atoms with Crippen molar-refractivity contribution < 1.29 is 9.59 Å². The SMILES string of the molecule is CC1CC(C)CN(C(=O)CSc2nnc(-c3cccs3)n2CC(N)=O)C1. The van der Waals surface area contributed by atoms with Crippen LogP contribution in [0.2, 0.25) is 0 Å². The van der Waals surface area contributed by atoms with Crippen LogP contribution in [0.4, 0.5) is 0 Å². The van der Waals surface area contributed by atoms with Crippen LogP contribution in [0.5, 0.6) is 0 Å². The number of rotatable bonds is 6. The maximum absolute atomic E-state index is 12.6. The summed E-state index contributed by atoms with van der Waals surface area (Å²) < 4.78 is 1.69. The molecule has 2 aromatic rings. The van der Waals surface area contributed by atoms with Gasteiger partial charge >= 0.3 is 0 Å². The molecule has 1 fully saturated rings. The highest BCUT2D eigenvalue weighted by Gasteiger charge is 2.26. The van der Waals surface area contributed by atoms with Crippen molar-refractivity contribution in [1.82, 2.24) is 19.7 Å². The molecule has 2 amide bonds. The van der Waals surface area contributed by atoms with E-state index in [4.69, 9.17) is 5.73 Å². The molecule has 0 spiro atoms. The minimum absolute atomic E-state index is 0.00542. The third-order valence-electron chi connectivity index (χ3n) is 4.32. The molecule has 2 aromatic heterocycles. The summed E-state index contributed by atoms with van der Waals surface area (Å²) in [4.78, 5) is 26.9. The van der Waals surface area contributed by atoms with Gasteiger partial charge in [-0.3, -0.25) is 14.2 Å². The van der Waals surface area contributed by atoms with Crippen molar-refractivity contribution in [2.45, 2.75) is 32.0 Å². The van der Waals surface area contributed by atoms with Gasteiger partial charge in [0.05, 0.1) is 10.6 Å². The second-order valence-corrected chi connectivity index (χ2v) is 8.76. The maximum Gasteiger partial charge on any atom is 0.237 e. The molecule has 1 aliphatic heterocycles. The van der Waals surface area contributed by atoms with E-state index in [0.29, 0.717) is 22.8 Å². The third-order valence-corrected chi connectivity index (χ3v) is 6.14. The molecule has 3 rings (SSSR count). The van der Waals surface area contributed by atoms with Gasteiger partial charge < -0.3 is 10.6 Å². The van der Waals surface area contributed by atoms with Crippen molar-refractivity contribution in [3.8, 4) is 10.7 Å². The van der Waals surface area contributed by atoms with E-state index in [0.717, 1.165) is 24.4 Å². The summed E-state index contributed by atoms with van der Waals surface area (Å²) in [6.07, 6.45) is 1.16. The van der Waals surface area contributed by atoms with E-state index in [1.165, 1.54) is 23.1 Å². The van der Waals surface area contributed by atoms with Crippen LogP contribution in [-0.2, 0) is 16.1 Å². The summed E-state index contributed by atoms with van der Waals surface area (Å²) in [5.41, 5.74) is 5.38. The van der Waals surface area contributed by atoms with Gasteiger partial charge in [-0.05, 0) is 29.7 Å². The number of amides is 2. The van der Waals surface area contributed by atoms with Gasteiger partial charge in [0.15, 0.2) is 11.0 Å². The quantitative estimate of drug-likeness (QED) is 0.759. The maximum atomic E-state index is 12.6. The Morgan fingerprint density at radius 3 is 2.65 bits per heavy atom. The number of hydrogen-bond acceptors (Lipinski definition) is 6. The van der Waals surface area contributed by atoms with Gasteiger partial charge in [-0.1, -0.05) is 31.7 Å². The lowest BCUT2D eigenvalue weighted by Crippen LogP contribution is -2.43. The highest BCUT2D eigenvalue weighted by Crippen LogP contribution is 2.28. The Labute approximate surface area is 161 Å². The van der Waals surface area contributed by atoms with Crippen LogP contribution in [0, 0.1) is 11.8 Å². The first-order valence-corrected chi connectivity index (χ1v) is 10.5. The average Bonchev–Trinajstić information content (AvgIpc) is 3.21. The highest BCUT2D eigenvalue weighted by atomic mass is 32.2. The number of likely N-dealkylation sites (tertiary alicyclic amines) is 1. The number of carbonyl (C=O) groups is 2. The largest absolute Gasteiger partial charge is 0.368 e. The lowest BCUT2D eigenvalue weighted by atomic mass is 9.92. The van der Waals surface area contributed by atoms with Gasteiger partial charge in [-0.25, -0.2) is 0 Å². The first-order chi connectivity index (χ1) is 12.4. The predicted octanol–water partition coefficient (Wildman–Crippen LogP) is 2.09. The van der Waals surface area contributed by atoms with Crippen molar-refractivity contribution in [1.29, 1.82) is 0 Å². The number of carbonyl (C=O) groups excluding carboxylic acids is 2. The molecule has 0 aliphatic carbocycles. The fourth-order valence-corrected chi connectivity index (χ4v) is 4.92. The first kappa shape index (κ1) is 18.9. The molecule has 140 valence electrons. The third kappa shape index (κ3) is 4.45. The first-order valence-electron chi connectivity index (χ1n) is 8.60. The van der Waals surface area contributed by atoms with E-state index < -0.39 is 5.91 Å². The molecule has 2 N–H and O–H groups in total. The topological polar surface area (TPSA) is 94.1 Å². The molecular formula is C17H23N5O2S2. The fourth-order valence-electron chi connectivity index (χ4n) is 3.37. The molecule has 1 aliphatic rings. The standard InChI is InChI=1S/C17H23N5O2S2/c1-11-6-12(2)8-21(7-11)15(24)10-26-17-20-19-16(13-4-3-5-25-13)22(17)9-14(18)23/h3-5,11-12H,6-10H2,1-2H3,(H2,18,23). The Bertz CT molecular complexity index is 764. The van der Waals surface area contributed by atoms with E-state index >= 15 is 0 Å². The van der Waals surface area contributed by atoms with Crippen LogP contribution >= 0.6 is 23.1 Å². The van der Waals surface area contributed by atoms with Gasteiger partial charge in [0.25, 0.3) is 0 Å². The second-order valence-electron chi connectivity index (χ2n) is 6.87. The number of aromatic nitrogens is 3. The minimum Gasteiger partial charge on any atom is -0.368 e. The predicted molar refractivity (Wildman–Crippen MR) is 103 cm³/mol. The van der Waals surface area contributed by atoms with Gasteiger partial charge in [0, 0.05) is 13.1 Å². The summed E-state index contributed by atoms with van der Waals surface area (Å²) in [6.45, 7) is 5.96. The monoisotopic (exact) mass is 393 g/mol. The molecule has 9 heteroatoms. The summed E-state index contributed by atoms with van der Waals surface area (Å²) in [5.74, 6) is 1.57. The van der Waals surface area contributed by atoms with Crippen molar-refractivity contribution in [3.63, 3.8) is 0 Å². The summed E-state index contributed by atoms with van der Waals surface area (Å²) in [7, 11) is 0. The van der Waals surface area contributed by atoms with Crippen molar-refractivity contribution >= 4 is 34.9 Å². The zero-order chi connectivity index (χ0) is 18.7. The number of primary amides is 1. The summed E-state index contributed by atoms with van der Waals surface area (Å²) in [5, 5.41) is 10.9. The van der Waals surface area contributed by atoms with E-state index in [-0.39, 0.29) is 18.2 Å². The smallest absolute Gasteiger partial charge is 0.237 e. The Balaban J connectivity index is 1.71. The van der Waals surface area contributed by atoms with Gasteiger partial charge in [-0.15, -0.1) is 21.5 Å². The Morgan fingerprint density at radius 2 is 2.04 bits per heavy atom. The molecule has 0 aromatic carbocycles. The fraction of sp³-hybridized carbons (Fsp3) is 0.529. The molecule has 2 unspecified atom stereocenters. The summed E-state index contributed by atoms with van der Waals surface area (Å²) in [6, 6.07) is 3.83. The van der Waals surface area contributed by atoms with E-state index in [1.54, 1.807) is 4.57 Å². The van der Waals surface area contributed by atoms with Crippen LogP contribution in [-0.4, -0.2) is 50.3 Å². The Hall–Kier alpha value is -1.87. The normalized spacial score (nSPS) is 20.3. The molecule has 3 heterocycles. The molecule has 0 bridgehead atoms. The molecule has 1 saturated heterocycles. The highest BCUT2D eigenvalue weighted by molar-refractivity contribution is 7.99. The van der Waals surface area contributed by atoms with Crippen molar-refractivity contribution in [3.05, 3.63) is 17.5 Å². The number of hydrogen-bond donors (Lipinski definition) is 1. The lowest BCUT2D eigenvalue weighted by Gasteiger charge is -2.34. The van der Waals surface area contributed by atoms with Gasteiger partial charge in [-0.2, -0.15) is 0 Å². The number of thioether (sulfide) groups is 1. The van der Waals surface area contributed by atoms with Crippen LogP contribution < -0.4 is 5.73 Å². The number of nitrogens with zero attached hydrogens (tertiary/aromatic N) is 4. The van der Waals surface area contributed by atoms with Gasteiger partial charge in [0.2, 0.25) is 11.8 Å². The van der Waals surface area contributed by atoms with Crippen molar-refractivity contribution in [2.75, 3.05) is 18.8 Å². The average molecular weight is 394 g/mol. The van der Waals surface area contributed by atoms with Crippen LogP contribution in [0.25, 0.3) is 10.7 Å². The number of nitrogens with two attached hydrogens (primary N) is 1. The van der Waals surface area contributed by atoms with E-state index in [1.807, 2.05) is 22.4 Å². The second kappa shape index (κ2) is 8.22. The van der Waals surface area contributed by atoms with Crippen LogP contribution in [0.3, 0.4) is 0 Å². The molecular weight excluding hydrogens is 370 g/mol. The number of piperidine rings is 1. The Kier molecular flexibility index (Phi) is 5.98.